The van der Waals surface area contributed by atoms with Gasteiger partial charge in [-0.05, 0) is 25.0 Å². The predicted molar refractivity (Wildman–Crippen MR) is 72.8 cm³/mol. The molecule has 1 N–H and O–H groups in total. The Balaban J connectivity index is 2.13. The normalized spacial score (nSPS) is 17.3. The van der Waals surface area contributed by atoms with Gasteiger partial charge in [-0.1, -0.05) is 25.3 Å². The van der Waals surface area contributed by atoms with Crippen LogP contribution in [-0.2, 0) is 4.79 Å². The fourth-order valence-corrected chi connectivity index (χ4v) is 2.50. The van der Waals surface area contributed by atoms with E-state index in [0.717, 1.165) is 19.3 Å². The van der Waals surface area contributed by atoms with Crippen molar-refractivity contribution in [2.75, 3.05) is 12.4 Å². The van der Waals surface area contributed by atoms with Crippen LogP contribution in [0.3, 0.4) is 0 Å². The highest BCUT2D eigenvalue weighted by molar-refractivity contribution is 5.97. The van der Waals surface area contributed by atoms with Gasteiger partial charge in [-0.25, -0.2) is 0 Å². The van der Waals surface area contributed by atoms with Gasteiger partial charge in [0.25, 0.3) is 0 Å². The van der Waals surface area contributed by atoms with E-state index in [0.29, 0.717) is 24.3 Å². The summed E-state index contributed by atoms with van der Waals surface area (Å²) in [6.45, 7) is 0. The molecule has 2 rings (SSSR count). The number of rotatable bonds is 3. The van der Waals surface area contributed by atoms with Gasteiger partial charge in [0.1, 0.15) is 11.2 Å². The Labute approximate surface area is 113 Å². The van der Waals surface area contributed by atoms with E-state index >= 15 is 0 Å². The number of nitrogens with one attached hydrogen (secondary N) is 1. The van der Waals surface area contributed by atoms with E-state index in [9.17, 15) is 10.1 Å². The lowest BCUT2D eigenvalue weighted by Gasteiger charge is -2.29. The van der Waals surface area contributed by atoms with Gasteiger partial charge in [-0.15, -0.1) is 0 Å². The number of carbonyl (C=O) groups excluding carboxylic acids is 1. The molecule has 0 bridgehead atoms. The standard InChI is InChI=1S/C15H18N2O2/c1-19-13-7-5-6-12(10-13)17-14(18)15(11-16)8-3-2-4-9-15/h5-7,10H,2-4,8-9H2,1H3,(H,17,18). The third-order valence-electron chi connectivity index (χ3n) is 3.68. The summed E-state index contributed by atoms with van der Waals surface area (Å²) in [5.41, 5.74) is -0.189. The zero-order valence-electron chi connectivity index (χ0n) is 11.1. The van der Waals surface area contributed by atoms with E-state index in [1.165, 1.54) is 0 Å². The molecule has 100 valence electrons. The van der Waals surface area contributed by atoms with E-state index in [-0.39, 0.29) is 5.91 Å². The monoisotopic (exact) mass is 258 g/mol. The molecule has 0 atom stereocenters. The molecule has 4 nitrogen and oxygen atoms in total. The Hall–Kier alpha value is -2.02. The molecule has 1 aromatic rings. The quantitative estimate of drug-likeness (QED) is 0.906. The van der Waals surface area contributed by atoms with Crippen molar-refractivity contribution in [2.45, 2.75) is 32.1 Å². The van der Waals surface area contributed by atoms with Crippen LogP contribution in [0.5, 0.6) is 5.75 Å². The lowest BCUT2D eigenvalue weighted by Crippen LogP contribution is -2.36. The second-order valence-corrected chi connectivity index (χ2v) is 4.94. The van der Waals surface area contributed by atoms with Gasteiger partial charge >= 0.3 is 0 Å². The molecule has 1 fully saturated rings. The number of hydrogen-bond acceptors (Lipinski definition) is 3. The van der Waals surface area contributed by atoms with Crippen LogP contribution in [0.15, 0.2) is 24.3 Å². The van der Waals surface area contributed by atoms with Crippen LogP contribution in [0.25, 0.3) is 0 Å². The third-order valence-corrected chi connectivity index (χ3v) is 3.68. The number of amides is 1. The second-order valence-electron chi connectivity index (χ2n) is 4.94. The zero-order chi connectivity index (χ0) is 13.7. The van der Waals surface area contributed by atoms with Gasteiger partial charge in [-0.3, -0.25) is 4.79 Å². The predicted octanol–water partition coefficient (Wildman–Crippen LogP) is 3.11. The Morgan fingerprint density at radius 2 is 2.11 bits per heavy atom. The van der Waals surface area contributed by atoms with Gasteiger partial charge in [0.2, 0.25) is 5.91 Å². The van der Waals surface area contributed by atoms with Crippen molar-refractivity contribution >= 4 is 11.6 Å². The molecule has 1 aliphatic rings. The molecular weight excluding hydrogens is 240 g/mol. The molecular formula is C15H18N2O2. The van der Waals surface area contributed by atoms with Crippen molar-refractivity contribution < 1.29 is 9.53 Å². The SMILES string of the molecule is COc1cccc(NC(=O)C2(C#N)CCCCC2)c1. The molecule has 0 radical (unpaired) electrons. The van der Waals surface area contributed by atoms with Gasteiger partial charge in [0.05, 0.1) is 13.2 Å². The van der Waals surface area contributed by atoms with Crippen LogP contribution in [0.1, 0.15) is 32.1 Å². The first-order valence-corrected chi connectivity index (χ1v) is 6.57. The smallest absolute Gasteiger partial charge is 0.244 e. The molecule has 0 saturated heterocycles. The number of nitriles is 1. The van der Waals surface area contributed by atoms with Crippen LogP contribution in [0, 0.1) is 16.7 Å². The number of anilines is 1. The maximum absolute atomic E-state index is 12.3. The summed E-state index contributed by atoms with van der Waals surface area (Å²) in [6, 6.07) is 9.41. The molecule has 4 heteroatoms. The lowest BCUT2D eigenvalue weighted by molar-refractivity contribution is -0.124. The largest absolute Gasteiger partial charge is 0.497 e. The molecule has 1 aromatic carbocycles. The molecule has 0 aliphatic heterocycles. The minimum absolute atomic E-state index is 0.192. The molecule has 0 spiro atoms. The molecule has 0 unspecified atom stereocenters. The van der Waals surface area contributed by atoms with Crippen molar-refractivity contribution in [3.63, 3.8) is 0 Å². The van der Waals surface area contributed by atoms with Gasteiger partial charge in [0, 0.05) is 11.8 Å². The molecule has 19 heavy (non-hydrogen) atoms. The van der Waals surface area contributed by atoms with Crippen LogP contribution in [0.2, 0.25) is 0 Å². The lowest BCUT2D eigenvalue weighted by atomic mass is 9.74. The van der Waals surface area contributed by atoms with Crippen LogP contribution in [-0.4, -0.2) is 13.0 Å². The fourth-order valence-electron chi connectivity index (χ4n) is 2.50. The number of carbonyl (C=O) groups is 1. The number of benzene rings is 1. The average molecular weight is 258 g/mol. The fraction of sp³-hybridized carbons (Fsp3) is 0.467. The number of ether oxygens (including phenoxy) is 1. The summed E-state index contributed by atoms with van der Waals surface area (Å²) in [6.07, 6.45) is 4.30. The van der Waals surface area contributed by atoms with Gasteiger partial charge < -0.3 is 10.1 Å². The van der Waals surface area contributed by atoms with E-state index < -0.39 is 5.41 Å². The number of methoxy groups -OCH3 is 1. The van der Waals surface area contributed by atoms with Gasteiger partial charge in [-0.2, -0.15) is 5.26 Å². The van der Waals surface area contributed by atoms with Crippen molar-refractivity contribution in [3.05, 3.63) is 24.3 Å². The molecule has 1 aliphatic carbocycles. The van der Waals surface area contributed by atoms with E-state index in [1.807, 2.05) is 12.1 Å². The summed E-state index contributed by atoms with van der Waals surface area (Å²) in [7, 11) is 1.58. The topological polar surface area (TPSA) is 62.1 Å². The van der Waals surface area contributed by atoms with Crippen molar-refractivity contribution in [1.29, 1.82) is 5.26 Å². The highest BCUT2D eigenvalue weighted by atomic mass is 16.5. The molecule has 1 saturated carbocycles. The molecule has 0 heterocycles. The van der Waals surface area contributed by atoms with Crippen LogP contribution < -0.4 is 10.1 Å². The average Bonchev–Trinajstić information content (AvgIpc) is 2.48. The van der Waals surface area contributed by atoms with Crippen molar-refractivity contribution in [2.24, 2.45) is 5.41 Å². The molecule has 0 aromatic heterocycles. The summed E-state index contributed by atoms with van der Waals surface area (Å²) in [4.78, 5) is 12.3. The highest BCUT2D eigenvalue weighted by Crippen LogP contribution is 2.36. The number of hydrogen-bond donors (Lipinski definition) is 1. The third kappa shape index (κ3) is 2.87. The number of nitrogens with zero attached hydrogens (tertiary/aromatic N) is 1. The van der Waals surface area contributed by atoms with Crippen LogP contribution >= 0.6 is 0 Å². The maximum atomic E-state index is 12.3. The Morgan fingerprint density at radius 1 is 1.37 bits per heavy atom. The summed E-state index contributed by atoms with van der Waals surface area (Å²) in [5, 5.41) is 12.2. The summed E-state index contributed by atoms with van der Waals surface area (Å²) < 4.78 is 5.12. The zero-order valence-corrected chi connectivity index (χ0v) is 11.1. The Kier molecular flexibility index (Phi) is 4.06. The summed E-state index contributed by atoms with van der Waals surface area (Å²) >= 11 is 0. The summed E-state index contributed by atoms with van der Waals surface area (Å²) in [5.74, 6) is 0.496. The highest BCUT2D eigenvalue weighted by Gasteiger charge is 2.39. The maximum Gasteiger partial charge on any atom is 0.244 e. The second kappa shape index (κ2) is 5.75. The first kappa shape index (κ1) is 13.4. The van der Waals surface area contributed by atoms with Crippen LogP contribution in [0.4, 0.5) is 5.69 Å². The van der Waals surface area contributed by atoms with Gasteiger partial charge in [0.15, 0.2) is 0 Å². The van der Waals surface area contributed by atoms with Crippen molar-refractivity contribution in [3.8, 4) is 11.8 Å². The Bertz CT molecular complexity index is 499. The minimum atomic E-state index is -0.860. The first-order chi connectivity index (χ1) is 9.20. The Morgan fingerprint density at radius 3 is 2.74 bits per heavy atom. The van der Waals surface area contributed by atoms with E-state index in [2.05, 4.69) is 11.4 Å². The van der Waals surface area contributed by atoms with E-state index in [1.54, 1.807) is 19.2 Å². The molecule has 1 amide bonds. The van der Waals surface area contributed by atoms with Crippen molar-refractivity contribution in [1.82, 2.24) is 0 Å². The van der Waals surface area contributed by atoms with E-state index in [4.69, 9.17) is 4.74 Å². The minimum Gasteiger partial charge on any atom is -0.497 e. The first-order valence-electron chi connectivity index (χ1n) is 6.57.